The van der Waals surface area contributed by atoms with E-state index in [4.69, 9.17) is 5.11 Å². The fraction of sp³-hybridized carbons (Fsp3) is 0.875. The predicted octanol–water partition coefficient (Wildman–Crippen LogP) is -0.953. The molecule has 1 fully saturated rings. The number of aliphatic hydroxyl groups excluding tert-OH is 1. The van der Waals surface area contributed by atoms with Crippen molar-refractivity contribution in [1.29, 1.82) is 0 Å². The van der Waals surface area contributed by atoms with Crippen LogP contribution in [0.15, 0.2) is 0 Å². The summed E-state index contributed by atoms with van der Waals surface area (Å²) in [5, 5.41) is 11.1. The fourth-order valence-corrected chi connectivity index (χ4v) is 1.51. The van der Waals surface area contributed by atoms with Crippen molar-refractivity contribution in [1.82, 2.24) is 10.2 Å². The van der Waals surface area contributed by atoms with Gasteiger partial charge in [-0.1, -0.05) is 0 Å². The lowest BCUT2D eigenvalue weighted by atomic mass is 10.1. The van der Waals surface area contributed by atoms with E-state index in [1.165, 1.54) is 0 Å². The Bertz CT molecular complexity index is 161. The summed E-state index contributed by atoms with van der Waals surface area (Å²) in [5.74, 6) is 0.287. The molecule has 1 amide bonds. The number of hydrogen-bond acceptors (Lipinski definition) is 3. The van der Waals surface area contributed by atoms with Gasteiger partial charge in [0.05, 0.1) is 0 Å². The molecule has 0 bridgehead atoms. The van der Waals surface area contributed by atoms with Gasteiger partial charge < -0.3 is 15.3 Å². The van der Waals surface area contributed by atoms with E-state index >= 15 is 0 Å². The average Bonchev–Trinajstić information content (AvgIpc) is 2.47. The molecule has 1 atom stereocenters. The number of nitrogens with zero attached hydrogens (tertiary/aromatic N) is 1. The number of carbonyl (C=O) groups excluding carboxylic acids is 1. The van der Waals surface area contributed by atoms with Gasteiger partial charge in [0, 0.05) is 13.1 Å². The fourth-order valence-electron chi connectivity index (χ4n) is 1.51. The Balaban J connectivity index is 2.11. The summed E-state index contributed by atoms with van der Waals surface area (Å²) >= 11 is 0. The molecule has 4 nitrogen and oxygen atoms in total. The normalized spacial score (nSPS) is 24.3. The maximum Gasteiger partial charge on any atom is 0.245 e. The van der Waals surface area contributed by atoms with Crippen LogP contribution in [0.25, 0.3) is 0 Å². The van der Waals surface area contributed by atoms with Crippen molar-refractivity contribution < 1.29 is 9.90 Å². The molecule has 12 heavy (non-hydrogen) atoms. The van der Waals surface area contributed by atoms with Gasteiger partial charge >= 0.3 is 0 Å². The molecule has 0 aromatic carbocycles. The van der Waals surface area contributed by atoms with Crippen LogP contribution in [0.3, 0.4) is 0 Å². The lowest BCUT2D eigenvalue weighted by Gasteiger charge is -2.10. The Kier molecular flexibility index (Phi) is 3.49. The molecule has 0 aromatic heterocycles. The predicted molar refractivity (Wildman–Crippen MR) is 45.7 cm³/mol. The quantitative estimate of drug-likeness (QED) is 0.577. The maximum absolute atomic E-state index is 10.7. The summed E-state index contributed by atoms with van der Waals surface area (Å²) in [6.45, 7) is 2.46. The first-order chi connectivity index (χ1) is 5.72. The monoisotopic (exact) mass is 172 g/mol. The first-order valence-corrected chi connectivity index (χ1v) is 4.28. The molecule has 0 radical (unpaired) electrons. The van der Waals surface area contributed by atoms with Crippen molar-refractivity contribution in [3.63, 3.8) is 0 Å². The van der Waals surface area contributed by atoms with Gasteiger partial charge in [-0.05, 0) is 25.9 Å². The summed E-state index contributed by atoms with van der Waals surface area (Å²) in [5.41, 5.74) is 0. The molecule has 0 aliphatic carbocycles. The average molecular weight is 172 g/mol. The SMILES string of the molecule is CN1CCC(CNC(=O)CO)C1. The van der Waals surface area contributed by atoms with Gasteiger partial charge in [0.25, 0.3) is 0 Å². The zero-order valence-corrected chi connectivity index (χ0v) is 7.42. The molecule has 2 N–H and O–H groups in total. The van der Waals surface area contributed by atoms with Crippen LogP contribution in [0.4, 0.5) is 0 Å². The largest absolute Gasteiger partial charge is 0.387 e. The number of rotatable bonds is 3. The van der Waals surface area contributed by atoms with Gasteiger partial charge in [-0.3, -0.25) is 4.79 Å². The number of nitrogens with one attached hydrogen (secondary N) is 1. The molecule has 0 spiro atoms. The Labute approximate surface area is 72.6 Å². The van der Waals surface area contributed by atoms with Crippen molar-refractivity contribution in [2.75, 3.05) is 33.3 Å². The Morgan fingerprint density at radius 3 is 3.00 bits per heavy atom. The van der Waals surface area contributed by atoms with E-state index in [0.29, 0.717) is 12.5 Å². The van der Waals surface area contributed by atoms with Gasteiger partial charge in [0.2, 0.25) is 5.91 Å². The Morgan fingerprint density at radius 2 is 2.50 bits per heavy atom. The van der Waals surface area contributed by atoms with Crippen LogP contribution in [0.2, 0.25) is 0 Å². The van der Waals surface area contributed by atoms with E-state index in [9.17, 15) is 4.79 Å². The highest BCUT2D eigenvalue weighted by Crippen LogP contribution is 2.12. The first-order valence-electron chi connectivity index (χ1n) is 4.28. The molecule has 70 valence electrons. The minimum Gasteiger partial charge on any atom is -0.387 e. The van der Waals surface area contributed by atoms with Crippen LogP contribution in [0, 0.1) is 5.92 Å². The van der Waals surface area contributed by atoms with E-state index in [1.54, 1.807) is 0 Å². The number of aliphatic hydroxyl groups is 1. The van der Waals surface area contributed by atoms with Crippen molar-refractivity contribution >= 4 is 5.91 Å². The molecule has 0 aromatic rings. The molecule has 1 saturated heterocycles. The van der Waals surface area contributed by atoms with Gasteiger partial charge in [0.1, 0.15) is 6.61 Å². The topological polar surface area (TPSA) is 52.6 Å². The van der Waals surface area contributed by atoms with E-state index < -0.39 is 6.61 Å². The summed E-state index contributed by atoms with van der Waals surface area (Å²) < 4.78 is 0. The molecule has 4 heteroatoms. The third-order valence-corrected chi connectivity index (χ3v) is 2.22. The maximum atomic E-state index is 10.7. The Hall–Kier alpha value is -0.610. The minimum absolute atomic E-state index is 0.274. The summed E-state index contributed by atoms with van der Waals surface area (Å²) in [4.78, 5) is 12.9. The first kappa shape index (κ1) is 9.48. The second-order valence-electron chi connectivity index (χ2n) is 3.38. The van der Waals surface area contributed by atoms with Crippen molar-refractivity contribution in [3.8, 4) is 0 Å². The van der Waals surface area contributed by atoms with Gasteiger partial charge in [0.15, 0.2) is 0 Å². The smallest absolute Gasteiger partial charge is 0.245 e. The van der Waals surface area contributed by atoms with Crippen molar-refractivity contribution in [3.05, 3.63) is 0 Å². The summed E-state index contributed by atoms with van der Waals surface area (Å²) in [7, 11) is 2.08. The van der Waals surface area contributed by atoms with E-state index in [1.807, 2.05) is 0 Å². The number of amides is 1. The van der Waals surface area contributed by atoms with E-state index in [-0.39, 0.29) is 5.91 Å². The van der Waals surface area contributed by atoms with Crippen LogP contribution >= 0.6 is 0 Å². The van der Waals surface area contributed by atoms with Crippen molar-refractivity contribution in [2.24, 2.45) is 5.92 Å². The highest BCUT2D eigenvalue weighted by molar-refractivity contribution is 5.76. The van der Waals surface area contributed by atoms with E-state index in [0.717, 1.165) is 19.5 Å². The van der Waals surface area contributed by atoms with Crippen LogP contribution in [0.5, 0.6) is 0 Å². The highest BCUT2D eigenvalue weighted by Gasteiger charge is 2.19. The van der Waals surface area contributed by atoms with Gasteiger partial charge in [-0.15, -0.1) is 0 Å². The lowest BCUT2D eigenvalue weighted by Crippen LogP contribution is -2.32. The molecule has 1 unspecified atom stereocenters. The van der Waals surface area contributed by atoms with E-state index in [2.05, 4.69) is 17.3 Å². The number of likely N-dealkylation sites (tertiary alicyclic amines) is 1. The summed E-state index contributed by atoms with van der Waals surface area (Å²) in [6.07, 6.45) is 1.14. The van der Waals surface area contributed by atoms with Crippen molar-refractivity contribution in [2.45, 2.75) is 6.42 Å². The standard InChI is InChI=1S/C8H16N2O2/c1-10-3-2-7(5-10)4-9-8(12)6-11/h7,11H,2-6H2,1H3,(H,9,12). The number of carbonyl (C=O) groups is 1. The van der Waals surface area contributed by atoms with Crippen LogP contribution in [0.1, 0.15) is 6.42 Å². The van der Waals surface area contributed by atoms with Gasteiger partial charge in [-0.2, -0.15) is 0 Å². The lowest BCUT2D eigenvalue weighted by molar-refractivity contribution is -0.123. The molecule has 1 heterocycles. The molecular weight excluding hydrogens is 156 g/mol. The molecular formula is C8H16N2O2. The second-order valence-corrected chi connectivity index (χ2v) is 3.38. The second kappa shape index (κ2) is 4.42. The number of hydrogen-bond donors (Lipinski definition) is 2. The van der Waals surface area contributed by atoms with Crippen LogP contribution in [-0.4, -0.2) is 49.2 Å². The van der Waals surface area contributed by atoms with Crippen LogP contribution in [-0.2, 0) is 4.79 Å². The molecule has 1 aliphatic heterocycles. The molecule has 1 aliphatic rings. The molecule has 1 rings (SSSR count). The summed E-state index contributed by atoms with van der Waals surface area (Å²) in [6, 6.07) is 0. The van der Waals surface area contributed by atoms with Crippen LogP contribution < -0.4 is 5.32 Å². The third kappa shape index (κ3) is 2.79. The zero-order chi connectivity index (χ0) is 8.97. The minimum atomic E-state index is -0.400. The highest BCUT2D eigenvalue weighted by atomic mass is 16.3. The third-order valence-electron chi connectivity index (χ3n) is 2.22. The Morgan fingerprint density at radius 1 is 1.75 bits per heavy atom. The zero-order valence-electron chi connectivity index (χ0n) is 7.42. The van der Waals surface area contributed by atoms with Gasteiger partial charge in [-0.25, -0.2) is 0 Å². The molecule has 0 saturated carbocycles.